The molecule has 0 spiro atoms. The largest absolute Gasteiger partial charge is 0.491 e. The first-order chi connectivity index (χ1) is 21.0. The molecule has 0 atom stereocenters. The van der Waals surface area contributed by atoms with Gasteiger partial charge in [-0.15, -0.1) is 11.3 Å². The van der Waals surface area contributed by atoms with Crippen LogP contribution in [-0.2, 0) is 16.6 Å². The monoisotopic (exact) mass is 651 g/mol. The zero-order valence-corrected chi connectivity index (χ0v) is 26.3. The second-order valence-corrected chi connectivity index (χ2v) is 12.9. The molecule has 1 N–H and O–H groups in total. The first-order valence-electron chi connectivity index (χ1n) is 13.5. The lowest BCUT2D eigenvalue weighted by Crippen LogP contribution is -2.32. The maximum Gasteiger partial charge on any atom is 0.338 e. The molecule has 0 bridgehead atoms. The fourth-order valence-corrected chi connectivity index (χ4v) is 7.88. The molecule has 44 heavy (non-hydrogen) atoms. The van der Waals surface area contributed by atoms with Crippen LogP contribution in [0, 0.1) is 18.3 Å². The number of thiophene rings is 1. The lowest BCUT2D eigenvalue weighted by atomic mass is 10.0. The second kappa shape index (κ2) is 12.3. The van der Waals surface area contributed by atoms with Gasteiger partial charge in [-0.2, -0.15) is 9.57 Å². The maximum absolute atomic E-state index is 13.7. The first kappa shape index (κ1) is 31.1. The summed E-state index contributed by atoms with van der Waals surface area (Å²) in [5, 5.41) is 21.4. The summed E-state index contributed by atoms with van der Waals surface area (Å²) in [5.74, 6) is -0.274. The number of fused-ring (bicyclic) bond motifs is 2. The predicted molar refractivity (Wildman–Crippen MR) is 168 cm³/mol. The highest BCUT2D eigenvalue weighted by Gasteiger charge is 2.28. The number of aromatic carboxylic acids is 1. The summed E-state index contributed by atoms with van der Waals surface area (Å²) in [7, 11) is -4.02. The number of nitrogens with zero attached hydrogens (tertiary/aromatic N) is 5. The van der Waals surface area contributed by atoms with E-state index in [1.807, 2.05) is 6.07 Å². The summed E-state index contributed by atoms with van der Waals surface area (Å²) >= 11 is 7.57. The number of carboxylic acid groups (broad SMARTS) is 1. The minimum atomic E-state index is -4.02. The molecule has 226 valence electrons. The summed E-state index contributed by atoms with van der Waals surface area (Å²) in [5.41, 5.74) is 1.16. The van der Waals surface area contributed by atoms with Gasteiger partial charge in [0.2, 0.25) is 10.0 Å². The zero-order valence-electron chi connectivity index (χ0n) is 23.9. The number of carboxylic acids is 1. The second-order valence-electron chi connectivity index (χ2n) is 9.63. The molecule has 0 saturated heterocycles. The topological polar surface area (TPSA) is 155 Å². The molecule has 0 saturated carbocycles. The molecule has 0 aliphatic heterocycles. The van der Waals surface area contributed by atoms with Crippen LogP contribution >= 0.6 is 22.9 Å². The number of rotatable bonds is 10. The summed E-state index contributed by atoms with van der Waals surface area (Å²) in [4.78, 5) is 33.9. The molecule has 5 aromatic rings. The Balaban J connectivity index is 1.52. The van der Waals surface area contributed by atoms with Crippen LogP contribution in [0.2, 0.25) is 5.02 Å². The Morgan fingerprint density at radius 1 is 1.18 bits per heavy atom. The first-order valence-corrected chi connectivity index (χ1v) is 16.2. The molecule has 0 radical (unpaired) electrons. The van der Waals surface area contributed by atoms with E-state index >= 15 is 0 Å². The van der Waals surface area contributed by atoms with Crippen LogP contribution in [0.1, 0.15) is 35.6 Å². The number of pyridine rings is 1. The zero-order chi connectivity index (χ0) is 31.8. The Kier molecular flexibility index (Phi) is 8.71. The molecule has 0 fully saturated rings. The van der Waals surface area contributed by atoms with E-state index in [9.17, 15) is 28.4 Å². The number of halogens is 1. The van der Waals surface area contributed by atoms with Crippen molar-refractivity contribution in [3.63, 3.8) is 0 Å². The van der Waals surface area contributed by atoms with Crippen LogP contribution in [0.25, 0.3) is 32.2 Å². The van der Waals surface area contributed by atoms with Gasteiger partial charge in [-0.05, 0) is 43.3 Å². The fourth-order valence-electron chi connectivity index (χ4n) is 5.07. The van der Waals surface area contributed by atoms with Crippen LogP contribution in [0.3, 0.4) is 0 Å². The van der Waals surface area contributed by atoms with E-state index in [2.05, 4.69) is 9.97 Å². The quantitative estimate of drug-likeness (QED) is 0.211. The van der Waals surface area contributed by atoms with Crippen molar-refractivity contribution in [2.45, 2.75) is 32.2 Å². The van der Waals surface area contributed by atoms with Gasteiger partial charge in [0, 0.05) is 40.8 Å². The molecule has 3 aromatic heterocycles. The lowest BCUT2D eigenvalue weighted by molar-refractivity contribution is 0.0699. The van der Waals surface area contributed by atoms with Gasteiger partial charge >= 0.3 is 5.97 Å². The Hall–Kier alpha value is -4.35. The van der Waals surface area contributed by atoms with Crippen LogP contribution in [0.5, 0.6) is 5.75 Å². The molecular formula is C30H26ClN5O6S2. The third-order valence-electron chi connectivity index (χ3n) is 7.20. The van der Waals surface area contributed by atoms with E-state index in [1.165, 1.54) is 43.9 Å². The SMILES string of the molecule is CCN(CC)S(=O)(=O)c1ccc2nc(C)n(CCOc3ccc(Cl)cc3-c3ccnc4c(C(=O)O)csc34)c(=O)c2c1C#N. The van der Waals surface area contributed by atoms with Crippen molar-refractivity contribution in [1.29, 1.82) is 5.26 Å². The number of nitriles is 1. The third kappa shape index (κ3) is 5.41. The van der Waals surface area contributed by atoms with Gasteiger partial charge in [0.05, 0.1) is 38.8 Å². The molecule has 3 heterocycles. The normalized spacial score (nSPS) is 11.7. The average Bonchev–Trinajstić information content (AvgIpc) is 3.44. The van der Waals surface area contributed by atoms with Gasteiger partial charge in [-0.25, -0.2) is 18.2 Å². The highest BCUT2D eigenvalue weighted by Crippen LogP contribution is 2.39. The minimum Gasteiger partial charge on any atom is -0.491 e. The number of benzene rings is 2. The van der Waals surface area contributed by atoms with Gasteiger partial charge in [-0.3, -0.25) is 14.3 Å². The number of sulfonamides is 1. The van der Waals surface area contributed by atoms with Crippen LogP contribution < -0.4 is 10.3 Å². The molecule has 0 aliphatic carbocycles. The number of ether oxygens (including phenoxy) is 1. The van der Waals surface area contributed by atoms with E-state index in [1.54, 1.807) is 45.0 Å². The van der Waals surface area contributed by atoms with Crippen molar-refractivity contribution in [2.75, 3.05) is 19.7 Å². The van der Waals surface area contributed by atoms with Gasteiger partial charge in [0.15, 0.2) is 0 Å². The van der Waals surface area contributed by atoms with E-state index < -0.39 is 21.6 Å². The highest BCUT2D eigenvalue weighted by atomic mass is 35.5. The number of carbonyl (C=O) groups is 1. The fraction of sp³-hybridized carbons (Fsp3) is 0.233. The van der Waals surface area contributed by atoms with Gasteiger partial charge < -0.3 is 9.84 Å². The Morgan fingerprint density at radius 3 is 2.61 bits per heavy atom. The number of aryl methyl sites for hydroxylation is 1. The van der Waals surface area contributed by atoms with E-state index in [-0.39, 0.29) is 53.2 Å². The summed E-state index contributed by atoms with van der Waals surface area (Å²) in [6.45, 7) is 5.52. The average molecular weight is 652 g/mol. The van der Waals surface area contributed by atoms with Crippen molar-refractivity contribution in [3.05, 3.63) is 80.3 Å². The number of aromatic nitrogens is 3. The Labute approximate surface area is 261 Å². The Morgan fingerprint density at radius 2 is 1.93 bits per heavy atom. The molecule has 14 heteroatoms. The van der Waals surface area contributed by atoms with E-state index in [4.69, 9.17) is 16.3 Å². The van der Waals surface area contributed by atoms with Gasteiger partial charge in [0.25, 0.3) is 5.56 Å². The van der Waals surface area contributed by atoms with Crippen molar-refractivity contribution in [2.24, 2.45) is 0 Å². The van der Waals surface area contributed by atoms with Gasteiger partial charge in [-0.1, -0.05) is 25.4 Å². The molecule has 5 rings (SSSR count). The smallest absolute Gasteiger partial charge is 0.338 e. The molecule has 2 aromatic carbocycles. The van der Waals surface area contributed by atoms with Crippen molar-refractivity contribution in [1.82, 2.24) is 18.8 Å². The van der Waals surface area contributed by atoms with Crippen molar-refractivity contribution in [3.8, 4) is 22.9 Å². The molecule has 11 nitrogen and oxygen atoms in total. The molecule has 0 unspecified atom stereocenters. The maximum atomic E-state index is 13.7. The predicted octanol–water partition coefficient (Wildman–Crippen LogP) is 5.31. The lowest BCUT2D eigenvalue weighted by Gasteiger charge is -2.20. The Bertz CT molecular complexity index is 2150. The molecule has 0 aliphatic rings. The summed E-state index contributed by atoms with van der Waals surface area (Å²) < 4.78 is 35.9. The van der Waals surface area contributed by atoms with Crippen LogP contribution in [0.15, 0.2) is 57.7 Å². The van der Waals surface area contributed by atoms with Crippen LogP contribution in [0.4, 0.5) is 0 Å². The van der Waals surface area contributed by atoms with Crippen molar-refractivity contribution < 1.29 is 23.1 Å². The number of hydrogen-bond acceptors (Lipinski definition) is 9. The summed E-state index contributed by atoms with van der Waals surface area (Å²) in [6.07, 6.45) is 1.52. The minimum absolute atomic E-state index is 0.0148. The van der Waals surface area contributed by atoms with E-state index in [0.717, 1.165) is 0 Å². The standard InChI is InChI=1S/C30H26ClN5O6S2/c1-4-35(5-2)44(40,41)25-9-7-23-26(21(25)15-32)29(37)36(17(3)34-23)12-13-42-24-8-6-18(31)14-20(24)19-10-11-33-27-22(30(38)39)16-43-28(19)27/h6-11,14,16H,4-5,12-13H2,1-3H3,(H,38,39). The van der Waals surface area contributed by atoms with Gasteiger partial charge in [0.1, 0.15) is 29.1 Å². The highest BCUT2D eigenvalue weighted by molar-refractivity contribution is 7.89. The van der Waals surface area contributed by atoms with Crippen LogP contribution in [-0.4, -0.2) is 58.0 Å². The number of hydrogen-bond donors (Lipinski definition) is 1. The molecular weight excluding hydrogens is 626 g/mol. The van der Waals surface area contributed by atoms with Crippen molar-refractivity contribution >= 4 is 60.0 Å². The molecule has 0 amide bonds. The van der Waals surface area contributed by atoms with E-state index in [0.29, 0.717) is 37.9 Å². The summed E-state index contributed by atoms with van der Waals surface area (Å²) in [6, 6.07) is 11.5. The third-order valence-corrected chi connectivity index (χ3v) is 10.5.